The van der Waals surface area contributed by atoms with Gasteiger partial charge in [-0.25, -0.2) is 0 Å². The maximum absolute atomic E-state index is 14.1. The van der Waals surface area contributed by atoms with Gasteiger partial charge in [-0.3, -0.25) is 14.5 Å². The molecule has 1 aliphatic heterocycles. The minimum atomic E-state index is -0.108. The molecule has 0 N–H and O–H groups in total. The number of rotatable bonds is 6. The van der Waals surface area contributed by atoms with Gasteiger partial charge >= 0.3 is 0 Å². The van der Waals surface area contributed by atoms with Crippen molar-refractivity contribution in [2.75, 3.05) is 31.1 Å². The Morgan fingerprint density at radius 2 is 1.82 bits per heavy atom. The summed E-state index contributed by atoms with van der Waals surface area (Å²) in [5, 5.41) is 4.77. The van der Waals surface area contributed by atoms with Gasteiger partial charge in [-0.1, -0.05) is 73.9 Å². The zero-order valence-corrected chi connectivity index (χ0v) is 24.2. The van der Waals surface area contributed by atoms with Crippen molar-refractivity contribution in [1.82, 2.24) is 15.0 Å². The number of aryl methyl sites for hydroxylation is 1. The standard InChI is InChI=1S/C31H39ClN4O3/c1-5-10-28(37)36-16-9-15-34(20-24-11-7-6-8-12-24)17-18-35(21-25-13-14-26(32)19-27(25)36)31(38)29-23(4)39-33-30(29)22(2)3/h6-8,11-14,19,22H,5,9-10,15-18,20-21H2,1-4H3. The van der Waals surface area contributed by atoms with Crippen LogP contribution in [0.1, 0.15) is 78.9 Å². The van der Waals surface area contributed by atoms with Gasteiger partial charge in [0, 0.05) is 50.7 Å². The number of fused-ring (bicyclic) bond motifs is 1. The lowest BCUT2D eigenvalue weighted by atomic mass is 10.0. The zero-order valence-electron chi connectivity index (χ0n) is 23.5. The number of carbonyl (C=O) groups is 2. The van der Waals surface area contributed by atoms with E-state index in [1.807, 2.05) is 67.0 Å². The molecule has 2 heterocycles. The number of aromatic nitrogens is 1. The van der Waals surface area contributed by atoms with Crippen LogP contribution in [0.4, 0.5) is 5.69 Å². The van der Waals surface area contributed by atoms with Gasteiger partial charge in [-0.15, -0.1) is 0 Å². The van der Waals surface area contributed by atoms with Crippen molar-refractivity contribution in [3.63, 3.8) is 0 Å². The molecule has 208 valence electrons. The fraction of sp³-hybridized carbons (Fsp3) is 0.452. The van der Waals surface area contributed by atoms with Crippen LogP contribution in [-0.4, -0.2) is 52.9 Å². The molecule has 3 aromatic rings. The van der Waals surface area contributed by atoms with Crippen molar-refractivity contribution in [2.24, 2.45) is 0 Å². The lowest BCUT2D eigenvalue weighted by Crippen LogP contribution is -2.39. The van der Waals surface area contributed by atoms with E-state index in [0.29, 0.717) is 54.6 Å². The second kappa shape index (κ2) is 13.3. The molecule has 2 amide bonds. The minimum absolute atomic E-state index is 0.0492. The normalized spacial score (nSPS) is 15.2. The van der Waals surface area contributed by atoms with Crippen molar-refractivity contribution >= 4 is 29.1 Å². The smallest absolute Gasteiger partial charge is 0.259 e. The molecule has 39 heavy (non-hydrogen) atoms. The number of hydrogen-bond donors (Lipinski definition) is 0. The first-order valence-corrected chi connectivity index (χ1v) is 14.3. The Hall–Kier alpha value is -3.16. The highest BCUT2D eigenvalue weighted by Crippen LogP contribution is 2.30. The third kappa shape index (κ3) is 7.08. The topological polar surface area (TPSA) is 69.9 Å². The molecule has 0 saturated carbocycles. The molecule has 0 fully saturated rings. The highest BCUT2D eigenvalue weighted by atomic mass is 35.5. The molecule has 0 unspecified atom stereocenters. The number of amides is 2. The average molecular weight is 551 g/mol. The fourth-order valence-corrected chi connectivity index (χ4v) is 5.30. The predicted octanol–water partition coefficient (Wildman–Crippen LogP) is 6.44. The second-order valence-corrected chi connectivity index (χ2v) is 11.0. The molecule has 1 aromatic heterocycles. The van der Waals surface area contributed by atoms with E-state index in [1.165, 1.54) is 5.56 Å². The zero-order chi connectivity index (χ0) is 27.9. The summed E-state index contributed by atoms with van der Waals surface area (Å²) in [6.45, 7) is 11.6. The second-order valence-electron chi connectivity index (χ2n) is 10.6. The molecule has 0 aliphatic carbocycles. The third-order valence-corrected chi connectivity index (χ3v) is 7.43. The van der Waals surface area contributed by atoms with E-state index in [9.17, 15) is 9.59 Å². The van der Waals surface area contributed by atoms with Gasteiger partial charge in [0.15, 0.2) is 0 Å². The number of carbonyl (C=O) groups excluding carboxylic acids is 2. The van der Waals surface area contributed by atoms with Crippen LogP contribution < -0.4 is 4.90 Å². The van der Waals surface area contributed by atoms with Crippen LogP contribution in [0.15, 0.2) is 53.1 Å². The van der Waals surface area contributed by atoms with E-state index in [2.05, 4.69) is 22.2 Å². The van der Waals surface area contributed by atoms with Gasteiger partial charge in [-0.05, 0) is 48.9 Å². The molecule has 7 nitrogen and oxygen atoms in total. The van der Waals surface area contributed by atoms with Crippen LogP contribution in [0.2, 0.25) is 5.02 Å². The summed E-state index contributed by atoms with van der Waals surface area (Å²) in [5.74, 6) is 0.539. The van der Waals surface area contributed by atoms with Crippen molar-refractivity contribution in [3.8, 4) is 0 Å². The number of hydrogen-bond acceptors (Lipinski definition) is 5. The van der Waals surface area contributed by atoms with E-state index in [1.54, 1.807) is 6.92 Å². The van der Waals surface area contributed by atoms with Crippen LogP contribution in [0, 0.1) is 6.92 Å². The highest BCUT2D eigenvalue weighted by molar-refractivity contribution is 6.31. The first kappa shape index (κ1) is 28.8. The summed E-state index contributed by atoms with van der Waals surface area (Å²) in [7, 11) is 0. The van der Waals surface area contributed by atoms with Gasteiger partial charge in [-0.2, -0.15) is 0 Å². The molecule has 0 atom stereocenters. The first-order chi connectivity index (χ1) is 18.8. The van der Waals surface area contributed by atoms with E-state index in [4.69, 9.17) is 16.1 Å². The predicted molar refractivity (Wildman–Crippen MR) is 155 cm³/mol. The summed E-state index contributed by atoms with van der Waals surface area (Å²) < 4.78 is 5.47. The largest absolute Gasteiger partial charge is 0.361 e. The van der Waals surface area contributed by atoms with Crippen molar-refractivity contribution in [2.45, 2.75) is 66.0 Å². The number of halogens is 1. The lowest BCUT2D eigenvalue weighted by Gasteiger charge is -2.28. The Morgan fingerprint density at radius 1 is 1.05 bits per heavy atom. The maximum Gasteiger partial charge on any atom is 0.259 e. The molecular formula is C31H39ClN4O3. The SMILES string of the molecule is CCCC(=O)N1CCCN(Cc2ccccc2)CCN(C(=O)c2c(C(C)C)noc2C)Cc2ccc(Cl)cc21. The summed E-state index contributed by atoms with van der Waals surface area (Å²) in [6, 6.07) is 16.0. The monoisotopic (exact) mass is 550 g/mol. The Labute approximate surface area is 236 Å². The van der Waals surface area contributed by atoms with E-state index < -0.39 is 0 Å². The van der Waals surface area contributed by atoms with Gasteiger partial charge in [0.25, 0.3) is 5.91 Å². The average Bonchev–Trinajstić information content (AvgIpc) is 3.30. The summed E-state index contributed by atoms with van der Waals surface area (Å²) in [6.07, 6.45) is 2.03. The lowest BCUT2D eigenvalue weighted by molar-refractivity contribution is -0.118. The Balaban J connectivity index is 1.74. The maximum atomic E-state index is 14.1. The Morgan fingerprint density at radius 3 is 2.54 bits per heavy atom. The molecule has 0 saturated heterocycles. The summed E-state index contributed by atoms with van der Waals surface area (Å²) in [5.41, 5.74) is 4.10. The van der Waals surface area contributed by atoms with Gasteiger partial charge in [0.05, 0.1) is 11.4 Å². The number of anilines is 1. The van der Waals surface area contributed by atoms with Crippen molar-refractivity contribution in [1.29, 1.82) is 0 Å². The number of benzene rings is 2. The van der Waals surface area contributed by atoms with Crippen LogP contribution in [0.25, 0.3) is 0 Å². The minimum Gasteiger partial charge on any atom is -0.361 e. The molecule has 1 aliphatic rings. The summed E-state index contributed by atoms with van der Waals surface area (Å²) >= 11 is 6.45. The van der Waals surface area contributed by atoms with Gasteiger partial charge in [0.1, 0.15) is 11.3 Å². The van der Waals surface area contributed by atoms with Gasteiger partial charge in [0.2, 0.25) is 5.91 Å². The molecular weight excluding hydrogens is 512 g/mol. The molecule has 8 heteroatoms. The number of nitrogens with zero attached hydrogens (tertiary/aromatic N) is 4. The molecule has 0 bridgehead atoms. The van der Waals surface area contributed by atoms with E-state index >= 15 is 0 Å². The molecule has 0 radical (unpaired) electrons. The molecule has 0 spiro atoms. The quantitative estimate of drug-likeness (QED) is 0.353. The van der Waals surface area contributed by atoms with Crippen LogP contribution in [0.3, 0.4) is 0 Å². The van der Waals surface area contributed by atoms with E-state index in [-0.39, 0.29) is 17.7 Å². The van der Waals surface area contributed by atoms with Crippen LogP contribution in [-0.2, 0) is 17.9 Å². The third-order valence-electron chi connectivity index (χ3n) is 7.19. The highest BCUT2D eigenvalue weighted by Gasteiger charge is 2.29. The molecule has 2 aromatic carbocycles. The Bertz CT molecular complexity index is 1270. The molecule has 4 rings (SSSR count). The van der Waals surface area contributed by atoms with Crippen molar-refractivity contribution < 1.29 is 14.1 Å². The van der Waals surface area contributed by atoms with Crippen molar-refractivity contribution in [3.05, 3.63) is 81.7 Å². The fourth-order valence-electron chi connectivity index (χ4n) is 5.14. The van der Waals surface area contributed by atoms with Crippen LogP contribution >= 0.6 is 11.6 Å². The van der Waals surface area contributed by atoms with E-state index in [0.717, 1.165) is 37.2 Å². The first-order valence-electron chi connectivity index (χ1n) is 13.9. The van der Waals surface area contributed by atoms with Crippen LogP contribution in [0.5, 0.6) is 0 Å². The van der Waals surface area contributed by atoms with Gasteiger partial charge < -0.3 is 14.3 Å². The summed E-state index contributed by atoms with van der Waals surface area (Å²) in [4.78, 5) is 33.5. The Kier molecular flexibility index (Phi) is 9.81.